The van der Waals surface area contributed by atoms with Crippen molar-refractivity contribution in [2.45, 2.75) is 37.9 Å². The van der Waals surface area contributed by atoms with Gasteiger partial charge in [0.2, 0.25) is 5.91 Å². The fourth-order valence-electron chi connectivity index (χ4n) is 3.58. The third-order valence-electron chi connectivity index (χ3n) is 4.70. The fraction of sp³-hybridized carbons (Fsp3) is 0.562. The van der Waals surface area contributed by atoms with Crippen LogP contribution in [0.15, 0.2) is 30.3 Å². The highest BCUT2D eigenvalue weighted by molar-refractivity contribution is 5.82. The zero-order chi connectivity index (χ0) is 15.0. The quantitative estimate of drug-likeness (QED) is 0.907. The Morgan fingerprint density at radius 1 is 1.19 bits per heavy atom. The first-order chi connectivity index (χ1) is 9.97. The SMILES string of the molecule is O=C(N[C@H](Cc1ccccc1)C(F)(F)F)C1[C@@H]2CCC[C@@H]12. The predicted molar refractivity (Wildman–Crippen MR) is 72.5 cm³/mol. The number of carbonyl (C=O) groups excluding carboxylic acids is 1. The molecule has 0 spiro atoms. The molecule has 0 radical (unpaired) electrons. The summed E-state index contributed by atoms with van der Waals surface area (Å²) < 4.78 is 39.4. The smallest absolute Gasteiger partial charge is 0.344 e. The maximum Gasteiger partial charge on any atom is 0.408 e. The van der Waals surface area contributed by atoms with Gasteiger partial charge in [0.05, 0.1) is 0 Å². The Balaban J connectivity index is 1.64. The van der Waals surface area contributed by atoms with E-state index in [-0.39, 0.29) is 12.3 Å². The highest BCUT2D eigenvalue weighted by Crippen LogP contribution is 2.57. The Bertz CT molecular complexity index is 504. The molecule has 21 heavy (non-hydrogen) atoms. The van der Waals surface area contributed by atoms with E-state index in [0.717, 1.165) is 19.3 Å². The maximum absolute atomic E-state index is 13.1. The van der Waals surface area contributed by atoms with Gasteiger partial charge in [-0.05, 0) is 30.2 Å². The first-order valence-electron chi connectivity index (χ1n) is 7.38. The fourth-order valence-corrected chi connectivity index (χ4v) is 3.58. The van der Waals surface area contributed by atoms with E-state index in [0.29, 0.717) is 17.4 Å². The lowest BCUT2D eigenvalue weighted by molar-refractivity contribution is -0.162. The molecule has 0 aromatic heterocycles. The molecule has 2 fully saturated rings. The summed E-state index contributed by atoms with van der Waals surface area (Å²) in [4.78, 5) is 12.1. The molecule has 0 bridgehead atoms. The van der Waals surface area contributed by atoms with E-state index < -0.39 is 18.1 Å². The van der Waals surface area contributed by atoms with Gasteiger partial charge < -0.3 is 5.32 Å². The van der Waals surface area contributed by atoms with Gasteiger partial charge >= 0.3 is 6.18 Å². The molecular formula is C16H18F3NO. The summed E-state index contributed by atoms with van der Waals surface area (Å²) >= 11 is 0. The summed E-state index contributed by atoms with van der Waals surface area (Å²) in [5, 5.41) is 2.23. The van der Waals surface area contributed by atoms with E-state index in [1.807, 2.05) is 0 Å². The van der Waals surface area contributed by atoms with Crippen LogP contribution in [0.25, 0.3) is 0 Å². The van der Waals surface area contributed by atoms with E-state index in [1.54, 1.807) is 30.3 Å². The maximum atomic E-state index is 13.1. The third kappa shape index (κ3) is 3.06. The molecule has 1 N–H and O–H groups in total. The largest absolute Gasteiger partial charge is 0.408 e. The third-order valence-corrected chi connectivity index (χ3v) is 4.70. The van der Waals surface area contributed by atoms with Gasteiger partial charge in [0.25, 0.3) is 0 Å². The van der Waals surface area contributed by atoms with Gasteiger partial charge in [-0.1, -0.05) is 36.8 Å². The van der Waals surface area contributed by atoms with Gasteiger partial charge in [-0.3, -0.25) is 4.79 Å². The lowest BCUT2D eigenvalue weighted by Gasteiger charge is -2.22. The normalized spacial score (nSPS) is 28.8. The number of fused-ring (bicyclic) bond motifs is 1. The van der Waals surface area contributed by atoms with E-state index in [9.17, 15) is 18.0 Å². The van der Waals surface area contributed by atoms with Crippen LogP contribution >= 0.6 is 0 Å². The van der Waals surface area contributed by atoms with Crippen LogP contribution in [-0.4, -0.2) is 18.1 Å². The standard InChI is InChI=1S/C16H18F3NO/c17-16(18,19)13(9-10-5-2-1-3-6-10)20-15(21)14-11-7-4-8-12(11)14/h1-3,5-6,11-14H,4,7-9H2,(H,20,21)/t11-,12-,13-/m1/s1. The number of halogens is 3. The molecular weight excluding hydrogens is 279 g/mol. The Morgan fingerprint density at radius 2 is 1.81 bits per heavy atom. The average Bonchev–Trinajstić information content (AvgIpc) is 2.92. The van der Waals surface area contributed by atoms with Crippen molar-refractivity contribution in [3.63, 3.8) is 0 Å². The zero-order valence-electron chi connectivity index (χ0n) is 11.6. The highest BCUT2D eigenvalue weighted by Gasteiger charge is 2.57. The molecule has 3 rings (SSSR count). The Hall–Kier alpha value is -1.52. The van der Waals surface area contributed by atoms with Crippen LogP contribution in [0.3, 0.4) is 0 Å². The number of hydrogen-bond donors (Lipinski definition) is 1. The molecule has 2 nitrogen and oxygen atoms in total. The number of alkyl halides is 3. The molecule has 0 unspecified atom stereocenters. The first-order valence-corrected chi connectivity index (χ1v) is 7.38. The van der Waals surface area contributed by atoms with Crippen molar-refractivity contribution in [3.05, 3.63) is 35.9 Å². The Labute approximate surface area is 121 Å². The Kier molecular flexibility index (Phi) is 3.68. The van der Waals surface area contributed by atoms with Crippen LogP contribution in [-0.2, 0) is 11.2 Å². The van der Waals surface area contributed by atoms with E-state index in [4.69, 9.17) is 0 Å². The minimum atomic E-state index is -4.42. The molecule has 2 aliphatic rings. The molecule has 0 heterocycles. The number of nitrogens with one attached hydrogen (secondary N) is 1. The Morgan fingerprint density at radius 3 is 2.38 bits per heavy atom. The molecule has 0 saturated heterocycles. The summed E-state index contributed by atoms with van der Waals surface area (Å²) in [6, 6.07) is 6.67. The van der Waals surface area contributed by atoms with Crippen LogP contribution < -0.4 is 5.32 Å². The molecule has 0 aliphatic heterocycles. The minimum Gasteiger partial charge on any atom is -0.344 e. The van der Waals surface area contributed by atoms with Gasteiger partial charge in [-0.2, -0.15) is 13.2 Å². The van der Waals surface area contributed by atoms with Crippen LogP contribution in [0.1, 0.15) is 24.8 Å². The van der Waals surface area contributed by atoms with Crippen LogP contribution in [0, 0.1) is 17.8 Å². The lowest BCUT2D eigenvalue weighted by atomic mass is 10.0. The van der Waals surface area contributed by atoms with Crippen LogP contribution in [0.5, 0.6) is 0 Å². The second-order valence-corrected chi connectivity index (χ2v) is 6.08. The van der Waals surface area contributed by atoms with Crippen molar-refractivity contribution in [1.82, 2.24) is 5.32 Å². The topological polar surface area (TPSA) is 29.1 Å². The number of rotatable bonds is 4. The van der Waals surface area contributed by atoms with Crippen molar-refractivity contribution < 1.29 is 18.0 Å². The van der Waals surface area contributed by atoms with Crippen molar-refractivity contribution >= 4 is 5.91 Å². The van der Waals surface area contributed by atoms with Crippen LogP contribution in [0.4, 0.5) is 13.2 Å². The van der Waals surface area contributed by atoms with Crippen LogP contribution in [0.2, 0.25) is 0 Å². The van der Waals surface area contributed by atoms with Crippen molar-refractivity contribution in [3.8, 4) is 0 Å². The molecule has 3 atom stereocenters. The number of hydrogen-bond acceptors (Lipinski definition) is 1. The molecule has 5 heteroatoms. The van der Waals surface area contributed by atoms with Gasteiger partial charge in [-0.25, -0.2) is 0 Å². The highest BCUT2D eigenvalue weighted by atomic mass is 19.4. The first kappa shape index (κ1) is 14.4. The monoisotopic (exact) mass is 297 g/mol. The number of carbonyl (C=O) groups is 1. The minimum absolute atomic E-state index is 0.181. The average molecular weight is 297 g/mol. The zero-order valence-corrected chi connectivity index (χ0v) is 11.6. The van der Waals surface area contributed by atoms with Crippen molar-refractivity contribution in [2.75, 3.05) is 0 Å². The van der Waals surface area contributed by atoms with Crippen molar-refractivity contribution in [2.24, 2.45) is 17.8 Å². The molecule has 1 amide bonds. The predicted octanol–water partition coefficient (Wildman–Crippen LogP) is 3.32. The molecule has 2 aliphatic carbocycles. The molecule has 1 aromatic carbocycles. The molecule has 1 aromatic rings. The summed E-state index contributed by atoms with van der Waals surface area (Å²) in [5.41, 5.74) is 0.580. The van der Waals surface area contributed by atoms with Gasteiger partial charge in [0.1, 0.15) is 6.04 Å². The summed E-state index contributed by atoms with van der Waals surface area (Å²) in [5.74, 6) is 0.0635. The van der Waals surface area contributed by atoms with E-state index >= 15 is 0 Å². The summed E-state index contributed by atoms with van der Waals surface area (Å²) in [6.45, 7) is 0. The molecule has 114 valence electrons. The van der Waals surface area contributed by atoms with E-state index in [1.165, 1.54) is 0 Å². The number of benzene rings is 1. The van der Waals surface area contributed by atoms with Gasteiger partial charge in [0.15, 0.2) is 0 Å². The summed E-state index contributed by atoms with van der Waals surface area (Å²) in [6.07, 6.45) is -1.56. The van der Waals surface area contributed by atoms with Crippen molar-refractivity contribution in [1.29, 1.82) is 0 Å². The lowest BCUT2D eigenvalue weighted by Crippen LogP contribution is -2.47. The summed E-state index contributed by atoms with van der Waals surface area (Å²) in [7, 11) is 0. The second-order valence-electron chi connectivity index (χ2n) is 6.08. The van der Waals surface area contributed by atoms with Gasteiger partial charge in [-0.15, -0.1) is 0 Å². The second kappa shape index (κ2) is 5.35. The molecule has 2 saturated carbocycles. The van der Waals surface area contributed by atoms with Gasteiger partial charge in [0, 0.05) is 12.3 Å². The number of amides is 1. The van der Waals surface area contributed by atoms with E-state index in [2.05, 4.69) is 5.32 Å².